The van der Waals surface area contributed by atoms with Crippen molar-refractivity contribution in [2.45, 2.75) is 259 Å². The minimum Gasteiger partial charge on any atom is -0.478 e. The van der Waals surface area contributed by atoms with E-state index in [4.69, 9.17) is 44.1 Å². The lowest BCUT2D eigenvalue weighted by Gasteiger charge is -2.29. The quantitative estimate of drug-likeness (QED) is 0.00988. The lowest BCUT2D eigenvalue weighted by molar-refractivity contribution is -0.141. The normalized spacial score (nSPS) is 18.3. The van der Waals surface area contributed by atoms with Gasteiger partial charge in [-0.2, -0.15) is 0 Å². The van der Waals surface area contributed by atoms with E-state index in [1.807, 2.05) is 84.1 Å². The van der Waals surface area contributed by atoms with Gasteiger partial charge in [-0.1, -0.05) is 234 Å². The van der Waals surface area contributed by atoms with Crippen LogP contribution < -0.4 is 0 Å². The minimum atomic E-state index is -3.28. The molecule has 0 saturated heterocycles. The molecule has 7 rings (SSSR count). The van der Waals surface area contributed by atoms with Crippen LogP contribution in [0.25, 0.3) is 0 Å². The van der Waals surface area contributed by atoms with Crippen LogP contribution in [0.15, 0.2) is 236 Å². The van der Waals surface area contributed by atoms with Gasteiger partial charge in [0, 0.05) is 17.7 Å². The molecule has 0 aromatic rings. The van der Waals surface area contributed by atoms with Gasteiger partial charge in [-0.3, -0.25) is 38.1 Å². The molecular formula is C104H154BrClO19P2. The molecule has 0 saturated carbocycles. The zero-order chi connectivity index (χ0) is 97.8. The molecule has 23 heteroatoms. The van der Waals surface area contributed by atoms with Crippen LogP contribution >= 0.6 is 43.7 Å². The number of hydrogen-bond acceptors (Lipinski definition) is 18. The van der Waals surface area contributed by atoms with Crippen molar-refractivity contribution in [1.82, 2.24) is 0 Å². The van der Waals surface area contributed by atoms with Gasteiger partial charge in [0.15, 0.2) is 17.3 Å². The Morgan fingerprint density at radius 2 is 0.646 bits per heavy atom. The number of ketones is 3. The fourth-order valence-electron chi connectivity index (χ4n) is 14.2. The molecule has 0 aliphatic heterocycles. The predicted molar refractivity (Wildman–Crippen MR) is 528 cm³/mol. The first-order valence-corrected chi connectivity index (χ1v) is 48.2. The monoisotopic (exact) mass is 1880 g/mol. The summed E-state index contributed by atoms with van der Waals surface area (Å²) in [4.78, 5) is 99.6. The van der Waals surface area contributed by atoms with Gasteiger partial charge in [-0.05, 0) is 302 Å². The highest BCUT2D eigenvalue weighted by atomic mass is 79.9. The van der Waals surface area contributed by atoms with Gasteiger partial charge < -0.3 is 41.9 Å². The third kappa shape index (κ3) is 49.2. The van der Waals surface area contributed by atoms with E-state index in [9.17, 15) is 47.7 Å². The van der Waals surface area contributed by atoms with E-state index in [2.05, 4.69) is 230 Å². The van der Waals surface area contributed by atoms with Crippen molar-refractivity contribution in [3.05, 3.63) is 236 Å². The van der Waals surface area contributed by atoms with Crippen LogP contribution in [-0.2, 0) is 84.5 Å². The molecule has 0 aromatic carbocycles. The van der Waals surface area contributed by atoms with E-state index in [1.54, 1.807) is 58.9 Å². The summed E-state index contributed by atoms with van der Waals surface area (Å²) in [7, 11) is -4.34. The van der Waals surface area contributed by atoms with Crippen LogP contribution in [-0.4, -0.2) is 122 Å². The van der Waals surface area contributed by atoms with E-state index in [0.717, 1.165) is 84.7 Å². The highest BCUT2D eigenvalue weighted by Crippen LogP contribution is 2.48. The Morgan fingerprint density at radius 3 is 0.866 bits per heavy atom. The van der Waals surface area contributed by atoms with Gasteiger partial charge in [-0.15, -0.1) is 0 Å². The average molecular weight is 1890 g/mol. The number of carbonyl (C=O) groups is 9. The van der Waals surface area contributed by atoms with E-state index in [0.29, 0.717) is 38.4 Å². The molecule has 708 valence electrons. The number of allylic oxidation sites excluding steroid dienone is 38. The molecule has 0 fully saturated rings. The van der Waals surface area contributed by atoms with Gasteiger partial charge in [0.05, 0.1) is 59.3 Å². The number of halogens is 2. The van der Waals surface area contributed by atoms with E-state index in [-0.39, 0.29) is 99.6 Å². The van der Waals surface area contributed by atoms with Crippen molar-refractivity contribution in [2.24, 2.45) is 37.9 Å². The number of aldehydes is 1. The first-order valence-electron chi connectivity index (χ1n) is 43.9. The third-order valence-corrected chi connectivity index (χ3v) is 24.7. The number of ether oxygens (including phenoxy) is 3. The van der Waals surface area contributed by atoms with E-state index >= 15 is 0 Å². The summed E-state index contributed by atoms with van der Waals surface area (Å²) in [5.74, 6) is -2.12. The smallest absolute Gasteiger partial charge is 0.341 e. The standard InChI is InChI=1S/C25H32O2.C14H20O2.C13H18O.C12H15ClO.C12H16O2.C10H14O.C8H17O5P.C6H15O3P.C4H7BrO2/c1-18-9-7-15-24(3,4)22(18)13-11-20(26)17-21(27)12-14-23-19(2)10-8-16-25(23,5)6;1-5-16-13(15)9-8-12-11(2)7-6-10-14(12,3)4;1-10-6-5-9-13(3,4)12(10)8-7-11(2)14;2*1-9-5-4-8-12(2,3)10(9)6-7-11(13)14;1-8-5-4-6-10(2,3)9(8)7-11;1-4-11-8(9)7-14(10,12-5-2)13-6-3;1-4-7-10(8-5-2)9-6-3;1-2-7-4(6)3-5/h7-14H,15-17H2,1-6H3;6-9H,5,10H2,1-4H3;5-8H,9H2,1-4H3;4-7H,8H2,1-3H3;4-7H,8H2,1-3H3,(H,13,14);4-5,7H,6H2,1-3H3;4-7H2,1-3H3;4-6H2,1-3H3;2-3H2,1H3/b13-11+,14-12+;9-8+;8-7+;2*7-6+;;;;. The maximum atomic E-state index is 12.3. The first-order chi connectivity index (χ1) is 59.1. The topological polar surface area (TPSA) is 265 Å². The number of hydrogen-bond donors (Lipinski definition) is 1. The number of alkyl halides is 1. The molecular weight excluding hydrogens is 1730 g/mol. The molecule has 0 atom stereocenters. The Hall–Kier alpha value is -7.74. The Balaban J connectivity index is 0. The molecule has 0 bridgehead atoms. The molecule has 19 nitrogen and oxygen atoms in total. The number of rotatable bonds is 31. The third-order valence-electron chi connectivity index (χ3n) is 20.7. The summed E-state index contributed by atoms with van der Waals surface area (Å²) in [6.45, 7) is 64.2. The molecule has 0 heterocycles. The van der Waals surface area contributed by atoms with Crippen molar-refractivity contribution in [1.29, 1.82) is 0 Å². The molecule has 7 aliphatic carbocycles. The molecule has 0 amide bonds. The maximum Gasteiger partial charge on any atom is 0.341 e. The lowest BCUT2D eigenvalue weighted by atomic mass is 9.75. The SMILES string of the molecule is CC(=O)/C=C/C1=C(C)C=CCC1(C)C.CC1=C(/C=C/C(=O)CC(=O)/C=C/C2=C(C)C=CCC2(C)C)C(C)(C)CC=C1.CC1=C(/C=C/C(=O)Cl)C(C)(C)CC=C1.CC1=C(/C=C/C(=O)O)C(C)(C)CC=C1.CC1=C(C=O)C(C)(C)CC=C1.CCOC(=O)/C=C/C1=C(C)C=CCC1(C)C.CCOC(=O)CBr.CCOC(=O)CP(=O)(OCC)OCC.CCOP(OCC)OCC. The van der Waals surface area contributed by atoms with Gasteiger partial charge in [0.2, 0.25) is 5.24 Å². The van der Waals surface area contributed by atoms with Crippen LogP contribution in [0.2, 0.25) is 0 Å². The van der Waals surface area contributed by atoms with Crippen LogP contribution in [0.3, 0.4) is 0 Å². The van der Waals surface area contributed by atoms with Crippen molar-refractivity contribution in [3.63, 3.8) is 0 Å². The minimum absolute atomic E-state index is 0.0175. The second kappa shape index (κ2) is 61.8. The van der Waals surface area contributed by atoms with E-state index < -0.39 is 33.4 Å². The summed E-state index contributed by atoms with van der Waals surface area (Å²) in [5, 5.41) is 8.44. The Kier molecular flexibility index (Phi) is 59.0. The molecule has 0 aromatic heterocycles. The molecule has 0 radical (unpaired) electrons. The van der Waals surface area contributed by atoms with Crippen molar-refractivity contribution < 1.29 is 89.7 Å². The van der Waals surface area contributed by atoms with Crippen molar-refractivity contribution in [3.8, 4) is 0 Å². The number of carboxylic acid groups (broad SMARTS) is 1. The highest BCUT2D eigenvalue weighted by molar-refractivity contribution is 9.09. The second-order valence-electron chi connectivity index (χ2n) is 35.2. The maximum absolute atomic E-state index is 12.3. The number of carboxylic acids is 1. The van der Waals surface area contributed by atoms with Crippen LogP contribution in [0.1, 0.15) is 259 Å². The Labute approximate surface area is 778 Å². The number of esters is 3. The molecule has 0 spiro atoms. The van der Waals surface area contributed by atoms with E-state index in [1.165, 1.54) is 62.8 Å². The van der Waals surface area contributed by atoms with Gasteiger partial charge in [0.25, 0.3) is 0 Å². The average Bonchev–Trinajstić information content (AvgIpc) is 0.883. The van der Waals surface area contributed by atoms with Crippen molar-refractivity contribution in [2.75, 3.05) is 64.3 Å². The number of aliphatic carboxylic acids is 1. The number of carbonyl (C=O) groups excluding carboxylic acids is 8. The molecule has 1 N–H and O–H groups in total. The summed E-state index contributed by atoms with van der Waals surface area (Å²) in [5.41, 5.74) is 16.8. The summed E-state index contributed by atoms with van der Waals surface area (Å²) < 4.78 is 51.1. The molecule has 0 unspecified atom stereocenters. The zero-order valence-electron chi connectivity index (χ0n) is 82.3. The fourth-order valence-corrected chi connectivity index (χ4v) is 16.8. The van der Waals surface area contributed by atoms with Crippen molar-refractivity contribution >= 4 is 96.5 Å². The zero-order valence-corrected chi connectivity index (χ0v) is 86.4. The van der Waals surface area contributed by atoms with Crippen LogP contribution in [0.5, 0.6) is 0 Å². The first kappa shape index (κ1) is 121. The Morgan fingerprint density at radius 1 is 0.386 bits per heavy atom. The van der Waals surface area contributed by atoms with Crippen LogP contribution in [0, 0.1) is 37.9 Å². The summed E-state index contributed by atoms with van der Waals surface area (Å²) in [6, 6.07) is 0. The molecule has 7 aliphatic rings. The van der Waals surface area contributed by atoms with Gasteiger partial charge in [0.1, 0.15) is 17.8 Å². The van der Waals surface area contributed by atoms with Gasteiger partial charge >= 0.3 is 40.1 Å². The Bertz CT molecular complexity index is 4120. The lowest BCUT2D eigenvalue weighted by Crippen LogP contribution is -2.18. The summed E-state index contributed by atoms with van der Waals surface area (Å²) in [6.07, 6.45) is 57.3. The predicted octanol–water partition coefficient (Wildman–Crippen LogP) is 27.2. The summed E-state index contributed by atoms with van der Waals surface area (Å²) >= 11 is 8.21. The highest BCUT2D eigenvalue weighted by Gasteiger charge is 2.32. The van der Waals surface area contributed by atoms with Crippen LogP contribution in [0.4, 0.5) is 0 Å². The fraction of sp³-hybridized carbons (Fsp3) is 0.529. The second-order valence-corrected chi connectivity index (χ2v) is 39.4. The van der Waals surface area contributed by atoms with Gasteiger partial charge in [-0.25, -0.2) is 9.59 Å². The largest absolute Gasteiger partial charge is 0.478 e. The molecule has 127 heavy (non-hydrogen) atoms.